The molecule has 0 bridgehead atoms. The Morgan fingerprint density at radius 3 is 2.48 bits per heavy atom. The molecule has 0 radical (unpaired) electrons. The van der Waals surface area contributed by atoms with Gasteiger partial charge < -0.3 is 5.32 Å². The summed E-state index contributed by atoms with van der Waals surface area (Å²) >= 11 is 0. The Kier molecular flexibility index (Phi) is 3.38. The van der Waals surface area contributed by atoms with Crippen molar-refractivity contribution in [3.8, 4) is 0 Å². The minimum Gasteiger partial charge on any atom is -0.379 e. The fraction of sp³-hybridized carbons (Fsp3) is 0.211. The number of nitrogens with one attached hydrogen (secondary N) is 1. The van der Waals surface area contributed by atoms with Crippen molar-refractivity contribution in [2.45, 2.75) is 25.8 Å². The molecule has 21 heavy (non-hydrogen) atoms. The second kappa shape index (κ2) is 5.21. The number of carbonyl (C=O) groups excluding carboxylic acids is 1. The maximum atomic E-state index is 12.4. The number of fused-ring (bicyclic) bond motifs is 1. The van der Waals surface area contributed by atoms with E-state index in [9.17, 15) is 4.79 Å². The minimum atomic E-state index is -0.0445. The lowest BCUT2D eigenvalue weighted by molar-refractivity contribution is 0.104. The van der Waals surface area contributed by atoms with E-state index in [1.807, 2.05) is 36.4 Å². The van der Waals surface area contributed by atoms with Crippen molar-refractivity contribution < 1.29 is 4.79 Å². The van der Waals surface area contributed by atoms with Gasteiger partial charge in [0.1, 0.15) is 0 Å². The maximum absolute atomic E-state index is 12.4. The SMILES string of the molecule is CC1(C)Cc2ccccc2/C(=C/C(=O)c2ccccc2)N1. The van der Waals surface area contributed by atoms with Crippen LogP contribution in [0.3, 0.4) is 0 Å². The second-order valence-corrected chi connectivity index (χ2v) is 6.13. The standard InChI is InChI=1S/C19H19NO/c1-19(2)13-15-10-6-7-11-16(15)17(20-19)12-18(21)14-8-4-3-5-9-14/h3-12,20H,13H2,1-2H3/b17-12-. The van der Waals surface area contributed by atoms with Crippen LogP contribution in [0, 0.1) is 0 Å². The molecule has 0 aromatic heterocycles. The first-order valence-electron chi connectivity index (χ1n) is 7.23. The topological polar surface area (TPSA) is 29.1 Å². The fourth-order valence-electron chi connectivity index (χ4n) is 2.82. The summed E-state index contributed by atoms with van der Waals surface area (Å²) in [5.41, 5.74) is 4.00. The molecular weight excluding hydrogens is 258 g/mol. The molecule has 0 saturated carbocycles. The van der Waals surface area contributed by atoms with Crippen LogP contribution in [0.15, 0.2) is 60.7 Å². The smallest absolute Gasteiger partial charge is 0.187 e. The Balaban J connectivity index is 2.01. The highest BCUT2D eigenvalue weighted by atomic mass is 16.1. The highest BCUT2D eigenvalue weighted by molar-refractivity contribution is 6.08. The van der Waals surface area contributed by atoms with Crippen LogP contribution < -0.4 is 5.32 Å². The van der Waals surface area contributed by atoms with Gasteiger partial charge in [0, 0.05) is 28.4 Å². The Morgan fingerprint density at radius 1 is 1.05 bits per heavy atom. The Hall–Kier alpha value is -2.35. The summed E-state index contributed by atoms with van der Waals surface area (Å²) in [6.07, 6.45) is 2.68. The molecule has 0 spiro atoms. The van der Waals surface area contributed by atoms with Gasteiger partial charge in [-0.1, -0.05) is 54.6 Å². The van der Waals surface area contributed by atoms with Crippen molar-refractivity contribution in [2.24, 2.45) is 0 Å². The minimum absolute atomic E-state index is 0.0330. The molecule has 0 saturated heterocycles. The summed E-state index contributed by atoms with van der Waals surface area (Å²) in [4.78, 5) is 12.4. The first-order chi connectivity index (χ1) is 10.1. The normalized spacial score (nSPS) is 17.9. The molecule has 1 N–H and O–H groups in total. The van der Waals surface area contributed by atoms with E-state index in [-0.39, 0.29) is 11.3 Å². The van der Waals surface area contributed by atoms with E-state index >= 15 is 0 Å². The third-order valence-electron chi connectivity index (χ3n) is 3.75. The zero-order valence-corrected chi connectivity index (χ0v) is 12.4. The van der Waals surface area contributed by atoms with E-state index in [0.717, 1.165) is 17.7 Å². The monoisotopic (exact) mass is 277 g/mol. The molecule has 0 unspecified atom stereocenters. The van der Waals surface area contributed by atoms with E-state index in [1.54, 1.807) is 6.08 Å². The van der Waals surface area contributed by atoms with Crippen molar-refractivity contribution in [1.82, 2.24) is 5.32 Å². The van der Waals surface area contributed by atoms with Gasteiger partial charge in [0.15, 0.2) is 5.78 Å². The summed E-state index contributed by atoms with van der Waals surface area (Å²) in [6.45, 7) is 4.31. The van der Waals surface area contributed by atoms with Crippen LogP contribution in [0.25, 0.3) is 5.70 Å². The molecule has 106 valence electrons. The maximum Gasteiger partial charge on any atom is 0.187 e. The third-order valence-corrected chi connectivity index (χ3v) is 3.75. The van der Waals surface area contributed by atoms with Crippen molar-refractivity contribution in [1.29, 1.82) is 0 Å². The van der Waals surface area contributed by atoms with Crippen LogP contribution in [0.1, 0.15) is 35.3 Å². The molecule has 3 rings (SSSR count). The van der Waals surface area contributed by atoms with E-state index in [2.05, 4.69) is 37.4 Å². The molecule has 1 aliphatic heterocycles. The number of hydrogen-bond acceptors (Lipinski definition) is 2. The van der Waals surface area contributed by atoms with Crippen LogP contribution in [0.5, 0.6) is 0 Å². The average Bonchev–Trinajstić information content (AvgIpc) is 2.47. The van der Waals surface area contributed by atoms with Crippen molar-refractivity contribution >= 4 is 11.5 Å². The van der Waals surface area contributed by atoms with Crippen molar-refractivity contribution in [2.75, 3.05) is 0 Å². The van der Waals surface area contributed by atoms with E-state index < -0.39 is 0 Å². The molecule has 0 atom stereocenters. The molecule has 1 heterocycles. The lowest BCUT2D eigenvalue weighted by Crippen LogP contribution is -2.43. The Labute approximate surface area is 125 Å². The van der Waals surface area contributed by atoms with Gasteiger partial charge in [0.2, 0.25) is 0 Å². The molecule has 1 aliphatic rings. The lowest BCUT2D eigenvalue weighted by atomic mass is 9.85. The molecule has 2 aromatic carbocycles. The van der Waals surface area contributed by atoms with Crippen LogP contribution in [0.2, 0.25) is 0 Å². The van der Waals surface area contributed by atoms with Gasteiger partial charge in [0.25, 0.3) is 0 Å². The average molecular weight is 277 g/mol. The summed E-state index contributed by atoms with van der Waals surface area (Å²) in [5, 5.41) is 3.49. The summed E-state index contributed by atoms with van der Waals surface area (Å²) < 4.78 is 0. The molecule has 0 fully saturated rings. The number of hydrogen-bond donors (Lipinski definition) is 1. The fourth-order valence-corrected chi connectivity index (χ4v) is 2.82. The van der Waals surface area contributed by atoms with Crippen molar-refractivity contribution in [3.63, 3.8) is 0 Å². The predicted molar refractivity (Wildman–Crippen MR) is 86.1 cm³/mol. The predicted octanol–water partition coefficient (Wildman–Crippen LogP) is 3.83. The molecule has 2 heteroatoms. The number of benzene rings is 2. The van der Waals surface area contributed by atoms with Gasteiger partial charge in [-0.15, -0.1) is 0 Å². The van der Waals surface area contributed by atoms with Gasteiger partial charge in [0.05, 0.1) is 0 Å². The van der Waals surface area contributed by atoms with Gasteiger partial charge in [-0.05, 0) is 25.8 Å². The van der Waals surface area contributed by atoms with Crippen molar-refractivity contribution in [3.05, 3.63) is 77.4 Å². The second-order valence-electron chi connectivity index (χ2n) is 6.13. The Morgan fingerprint density at radius 2 is 1.71 bits per heavy atom. The third kappa shape index (κ3) is 2.89. The summed E-state index contributed by atoms with van der Waals surface area (Å²) in [6, 6.07) is 17.7. The first-order valence-corrected chi connectivity index (χ1v) is 7.23. The van der Waals surface area contributed by atoms with E-state index in [1.165, 1.54) is 5.56 Å². The van der Waals surface area contributed by atoms with Crippen LogP contribution in [0.4, 0.5) is 0 Å². The Bertz CT molecular complexity index is 699. The highest BCUT2D eigenvalue weighted by Gasteiger charge is 2.27. The van der Waals surface area contributed by atoms with Gasteiger partial charge >= 0.3 is 0 Å². The van der Waals surface area contributed by atoms with Crippen LogP contribution >= 0.6 is 0 Å². The zero-order valence-electron chi connectivity index (χ0n) is 12.4. The molecule has 0 aliphatic carbocycles. The quantitative estimate of drug-likeness (QED) is 0.667. The molecule has 2 nitrogen and oxygen atoms in total. The van der Waals surface area contributed by atoms with E-state index in [0.29, 0.717) is 5.56 Å². The van der Waals surface area contributed by atoms with Crippen LogP contribution in [-0.2, 0) is 6.42 Å². The summed E-state index contributed by atoms with van der Waals surface area (Å²) in [7, 11) is 0. The lowest BCUT2D eigenvalue weighted by Gasteiger charge is -2.35. The number of carbonyl (C=O) groups is 1. The van der Waals surface area contributed by atoms with E-state index in [4.69, 9.17) is 0 Å². The van der Waals surface area contributed by atoms with Crippen LogP contribution in [-0.4, -0.2) is 11.3 Å². The number of allylic oxidation sites excluding steroid dienone is 1. The highest BCUT2D eigenvalue weighted by Crippen LogP contribution is 2.29. The molecule has 0 amide bonds. The molecular formula is C19H19NO. The zero-order chi connectivity index (χ0) is 14.9. The number of rotatable bonds is 2. The number of ketones is 1. The molecule has 2 aromatic rings. The largest absolute Gasteiger partial charge is 0.379 e. The van der Waals surface area contributed by atoms with Gasteiger partial charge in [-0.2, -0.15) is 0 Å². The summed E-state index contributed by atoms with van der Waals surface area (Å²) in [5.74, 6) is 0.0330. The first kappa shape index (κ1) is 13.6. The van der Waals surface area contributed by atoms with Gasteiger partial charge in [-0.3, -0.25) is 4.79 Å². The van der Waals surface area contributed by atoms with Gasteiger partial charge in [-0.25, -0.2) is 0 Å².